The fourth-order valence-corrected chi connectivity index (χ4v) is 1.94. The van der Waals surface area contributed by atoms with Crippen LogP contribution in [0.15, 0.2) is 24.3 Å². The van der Waals surface area contributed by atoms with Crippen LogP contribution in [0.4, 0.5) is 0 Å². The van der Waals surface area contributed by atoms with Gasteiger partial charge in [-0.1, -0.05) is 38.0 Å². The van der Waals surface area contributed by atoms with Crippen molar-refractivity contribution in [3.63, 3.8) is 0 Å². The molecule has 3 N–H and O–H groups in total. The lowest BCUT2D eigenvalue weighted by molar-refractivity contribution is -0.127. The molecule has 1 aromatic carbocycles. The van der Waals surface area contributed by atoms with Gasteiger partial charge in [-0.25, -0.2) is 0 Å². The van der Waals surface area contributed by atoms with Gasteiger partial charge >= 0.3 is 0 Å². The van der Waals surface area contributed by atoms with E-state index < -0.39 is 6.10 Å². The summed E-state index contributed by atoms with van der Waals surface area (Å²) in [5.41, 5.74) is 6.81. The first-order chi connectivity index (χ1) is 9.56. The number of amides is 1. The molecule has 20 heavy (non-hydrogen) atoms. The Hall–Kier alpha value is -1.55. The number of unbranched alkanes of at least 4 members (excludes halogenated alkanes) is 2. The summed E-state index contributed by atoms with van der Waals surface area (Å²) in [6, 6.07) is 7.45. The lowest BCUT2D eigenvalue weighted by Crippen LogP contribution is -2.37. The molecule has 0 saturated carbocycles. The van der Waals surface area contributed by atoms with E-state index in [1.807, 2.05) is 31.2 Å². The summed E-state index contributed by atoms with van der Waals surface area (Å²) in [5, 5.41) is 2.89. The quantitative estimate of drug-likeness (QED) is 0.719. The number of hydrogen-bond acceptors (Lipinski definition) is 3. The molecule has 2 atom stereocenters. The lowest BCUT2D eigenvalue weighted by Gasteiger charge is -2.18. The summed E-state index contributed by atoms with van der Waals surface area (Å²) in [6.45, 7) is 6.50. The van der Waals surface area contributed by atoms with E-state index in [9.17, 15) is 4.79 Å². The van der Waals surface area contributed by atoms with Crippen molar-refractivity contribution in [2.75, 3.05) is 6.54 Å². The van der Waals surface area contributed by atoms with Crippen molar-refractivity contribution in [2.24, 2.45) is 5.73 Å². The van der Waals surface area contributed by atoms with Crippen LogP contribution < -0.4 is 15.8 Å². The summed E-state index contributed by atoms with van der Waals surface area (Å²) < 4.78 is 5.73. The predicted octanol–water partition coefficient (Wildman–Crippen LogP) is 2.78. The number of hydrogen-bond donors (Lipinski definition) is 2. The van der Waals surface area contributed by atoms with Crippen molar-refractivity contribution in [3.8, 4) is 5.75 Å². The van der Waals surface area contributed by atoms with E-state index in [-0.39, 0.29) is 11.9 Å². The van der Waals surface area contributed by atoms with E-state index in [1.54, 1.807) is 6.92 Å². The Bertz CT molecular complexity index is 419. The van der Waals surface area contributed by atoms with Gasteiger partial charge in [0, 0.05) is 18.2 Å². The molecule has 1 amide bonds. The maximum Gasteiger partial charge on any atom is 0.260 e. The molecule has 0 aliphatic heterocycles. The van der Waals surface area contributed by atoms with Gasteiger partial charge in [-0.2, -0.15) is 0 Å². The van der Waals surface area contributed by atoms with Crippen molar-refractivity contribution in [1.82, 2.24) is 5.32 Å². The molecule has 0 saturated heterocycles. The fraction of sp³-hybridized carbons (Fsp3) is 0.562. The molecular weight excluding hydrogens is 252 g/mol. The summed E-state index contributed by atoms with van der Waals surface area (Å²) in [6.07, 6.45) is 2.76. The third kappa shape index (κ3) is 5.21. The molecule has 0 heterocycles. The number of benzene rings is 1. The number of para-hydroxylation sites is 1. The molecule has 1 aromatic rings. The topological polar surface area (TPSA) is 64.3 Å². The van der Waals surface area contributed by atoms with Crippen LogP contribution in [0.25, 0.3) is 0 Å². The molecule has 0 aliphatic rings. The van der Waals surface area contributed by atoms with E-state index in [4.69, 9.17) is 10.5 Å². The first-order valence-corrected chi connectivity index (χ1v) is 7.35. The largest absolute Gasteiger partial charge is 0.481 e. The highest BCUT2D eigenvalue weighted by Crippen LogP contribution is 2.24. The summed E-state index contributed by atoms with van der Waals surface area (Å²) >= 11 is 0. The minimum absolute atomic E-state index is 0.0828. The zero-order valence-electron chi connectivity index (χ0n) is 12.7. The van der Waals surface area contributed by atoms with Crippen LogP contribution in [0.5, 0.6) is 5.75 Å². The average Bonchev–Trinajstić information content (AvgIpc) is 2.43. The Morgan fingerprint density at radius 2 is 2.00 bits per heavy atom. The van der Waals surface area contributed by atoms with E-state index >= 15 is 0 Å². The molecule has 4 heteroatoms. The van der Waals surface area contributed by atoms with Crippen LogP contribution >= 0.6 is 0 Å². The Morgan fingerprint density at radius 3 is 2.65 bits per heavy atom. The number of ether oxygens (including phenoxy) is 1. The minimum Gasteiger partial charge on any atom is -0.481 e. The number of nitrogens with two attached hydrogens (primary N) is 1. The highest BCUT2D eigenvalue weighted by molar-refractivity contribution is 5.80. The molecule has 0 bridgehead atoms. The summed E-state index contributed by atoms with van der Waals surface area (Å²) in [4.78, 5) is 11.9. The van der Waals surface area contributed by atoms with Gasteiger partial charge in [-0.15, -0.1) is 0 Å². The molecule has 4 nitrogen and oxygen atoms in total. The van der Waals surface area contributed by atoms with Crippen LogP contribution in [0, 0.1) is 0 Å². The molecule has 0 spiro atoms. The molecule has 0 radical (unpaired) electrons. The van der Waals surface area contributed by atoms with Crippen molar-refractivity contribution in [2.45, 2.75) is 52.2 Å². The smallest absolute Gasteiger partial charge is 0.260 e. The van der Waals surface area contributed by atoms with Gasteiger partial charge in [0.2, 0.25) is 0 Å². The van der Waals surface area contributed by atoms with Gasteiger partial charge in [-0.05, 0) is 26.3 Å². The first-order valence-electron chi connectivity index (χ1n) is 7.35. The predicted molar refractivity (Wildman–Crippen MR) is 81.7 cm³/mol. The Balaban J connectivity index is 2.53. The molecule has 0 aliphatic carbocycles. The maximum absolute atomic E-state index is 11.9. The second-order valence-electron chi connectivity index (χ2n) is 5.08. The molecule has 112 valence electrons. The van der Waals surface area contributed by atoms with Crippen molar-refractivity contribution >= 4 is 5.91 Å². The van der Waals surface area contributed by atoms with Crippen molar-refractivity contribution in [1.29, 1.82) is 0 Å². The van der Waals surface area contributed by atoms with Crippen LogP contribution in [0.3, 0.4) is 0 Å². The third-order valence-electron chi connectivity index (χ3n) is 3.16. The second-order valence-corrected chi connectivity index (χ2v) is 5.08. The zero-order chi connectivity index (χ0) is 15.0. The van der Waals surface area contributed by atoms with Gasteiger partial charge in [0.15, 0.2) is 6.10 Å². The standard InChI is InChI=1S/C16H26N2O2/c1-4-5-8-11-18-16(19)13(3)20-15-10-7-6-9-14(15)12(2)17/h6-7,9-10,12-13H,4-5,8,11,17H2,1-3H3,(H,18,19)/t12-,13?/m0/s1. The first kappa shape index (κ1) is 16.5. The van der Waals surface area contributed by atoms with Gasteiger partial charge in [-0.3, -0.25) is 4.79 Å². The molecule has 0 aromatic heterocycles. The Morgan fingerprint density at radius 1 is 1.30 bits per heavy atom. The molecule has 0 fully saturated rings. The number of carbonyl (C=O) groups is 1. The SMILES string of the molecule is CCCCCNC(=O)C(C)Oc1ccccc1[C@H](C)N. The minimum atomic E-state index is -0.517. The second kappa shape index (κ2) is 8.59. The van der Waals surface area contributed by atoms with Crippen LogP contribution in [-0.4, -0.2) is 18.6 Å². The molecular formula is C16H26N2O2. The zero-order valence-corrected chi connectivity index (χ0v) is 12.7. The highest BCUT2D eigenvalue weighted by atomic mass is 16.5. The monoisotopic (exact) mass is 278 g/mol. The summed E-state index contributed by atoms with van der Waals surface area (Å²) in [5.74, 6) is 0.597. The maximum atomic E-state index is 11.9. The normalized spacial score (nSPS) is 13.6. The van der Waals surface area contributed by atoms with Crippen LogP contribution in [0.1, 0.15) is 51.6 Å². The average molecular weight is 278 g/mol. The number of carbonyl (C=O) groups excluding carboxylic acids is 1. The van der Waals surface area contributed by atoms with E-state index in [2.05, 4.69) is 12.2 Å². The lowest BCUT2D eigenvalue weighted by atomic mass is 10.1. The van der Waals surface area contributed by atoms with E-state index in [0.29, 0.717) is 12.3 Å². The van der Waals surface area contributed by atoms with Crippen LogP contribution in [-0.2, 0) is 4.79 Å². The van der Waals surface area contributed by atoms with Gasteiger partial charge < -0.3 is 15.8 Å². The Kier molecular flexibility index (Phi) is 7.09. The van der Waals surface area contributed by atoms with Gasteiger partial charge in [0.25, 0.3) is 5.91 Å². The third-order valence-corrected chi connectivity index (χ3v) is 3.16. The Labute approximate surface area is 121 Å². The van der Waals surface area contributed by atoms with Gasteiger partial charge in [0.1, 0.15) is 5.75 Å². The number of nitrogens with one attached hydrogen (secondary N) is 1. The van der Waals surface area contributed by atoms with Gasteiger partial charge in [0.05, 0.1) is 0 Å². The molecule has 1 rings (SSSR count). The van der Waals surface area contributed by atoms with E-state index in [1.165, 1.54) is 0 Å². The van der Waals surface area contributed by atoms with E-state index in [0.717, 1.165) is 24.8 Å². The highest BCUT2D eigenvalue weighted by Gasteiger charge is 2.16. The van der Waals surface area contributed by atoms with Crippen molar-refractivity contribution < 1.29 is 9.53 Å². The van der Waals surface area contributed by atoms with Crippen LogP contribution in [0.2, 0.25) is 0 Å². The fourth-order valence-electron chi connectivity index (χ4n) is 1.94. The molecule has 1 unspecified atom stereocenters. The summed E-state index contributed by atoms with van der Waals surface area (Å²) in [7, 11) is 0. The number of rotatable bonds is 8. The van der Waals surface area contributed by atoms with Crippen molar-refractivity contribution in [3.05, 3.63) is 29.8 Å².